The Morgan fingerprint density at radius 3 is 1.92 bits per heavy atom. The van der Waals surface area contributed by atoms with Crippen LogP contribution in [0.3, 0.4) is 0 Å². The maximum Gasteiger partial charge on any atom is 0.244 e. The van der Waals surface area contributed by atoms with E-state index in [1.54, 1.807) is 52.2 Å². The number of nitrogens with zero attached hydrogens (tertiary/aromatic N) is 1. The summed E-state index contributed by atoms with van der Waals surface area (Å²) in [6.45, 7) is 7.37. The fourth-order valence-electron chi connectivity index (χ4n) is 2.96. The molecule has 5 nitrogen and oxygen atoms in total. The van der Waals surface area contributed by atoms with Crippen LogP contribution >= 0.6 is 0 Å². The minimum Gasteiger partial charge on any atom is -0.347 e. The summed E-state index contributed by atoms with van der Waals surface area (Å²) in [5.41, 5.74) is 3.82. The molecule has 1 amide bonds. The Morgan fingerprint density at radius 1 is 0.962 bits per heavy atom. The summed E-state index contributed by atoms with van der Waals surface area (Å²) in [5.74, 6) is -0.320. The van der Waals surface area contributed by atoms with Crippen molar-refractivity contribution in [2.45, 2.75) is 38.6 Å². The number of carbonyl (C=O) groups excluding carboxylic acids is 1. The van der Waals surface area contributed by atoms with E-state index in [9.17, 15) is 13.2 Å². The number of nitrogens with one attached hydrogen (secondary N) is 1. The van der Waals surface area contributed by atoms with Crippen LogP contribution < -0.4 is 4.72 Å². The van der Waals surface area contributed by atoms with Crippen molar-refractivity contribution in [3.05, 3.63) is 64.2 Å². The molecule has 0 aromatic heterocycles. The van der Waals surface area contributed by atoms with E-state index < -0.39 is 16.1 Å². The highest BCUT2D eigenvalue weighted by Crippen LogP contribution is 2.28. The second-order valence-corrected chi connectivity index (χ2v) is 8.44. The summed E-state index contributed by atoms with van der Waals surface area (Å²) in [6.07, 6.45) is 0. The van der Waals surface area contributed by atoms with Crippen LogP contribution in [0, 0.1) is 27.7 Å². The Balaban J connectivity index is 2.57. The Labute approximate surface area is 156 Å². The van der Waals surface area contributed by atoms with E-state index in [0.717, 1.165) is 11.1 Å². The number of sulfonamides is 1. The molecular formula is C20H26N2O3S. The SMILES string of the molecule is Cc1cc(C)c(C)c(S(=O)(=O)N[C@@H](C(=O)N(C)C)c2ccccc2)c1C. The average molecular weight is 375 g/mol. The quantitative estimate of drug-likeness (QED) is 0.875. The van der Waals surface area contributed by atoms with Crippen LogP contribution in [-0.2, 0) is 14.8 Å². The Morgan fingerprint density at radius 2 is 1.46 bits per heavy atom. The van der Waals surface area contributed by atoms with E-state index in [4.69, 9.17) is 0 Å². The molecule has 1 N–H and O–H groups in total. The first-order chi connectivity index (χ1) is 12.1. The third-order valence-electron chi connectivity index (χ3n) is 4.66. The molecular weight excluding hydrogens is 348 g/mol. The van der Waals surface area contributed by atoms with Crippen LogP contribution in [0.2, 0.25) is 0 Å². The Hall–Kier alpha value is -2.18. The van der Waals surface area contributed by atoms with Gasteiger partial charge in [-0.05, 0) is 55.5 Å². The zero-order valence-corrected chi connectivity index (χ0v) is 16.9. The number of likely N-dealkylation sites (N-methyl/N-ethyl adjacent to an activating group) is 1. The molecule has 6 heteroatoms. The number of hydrogen-bond acceptors (Lipinski definition) is 3. The van der Waals surface area contributed by atoms with Gasteiger partial charge < -0.3 is 4.90 Å². The minimum absolute atomic E-state index is 0.252. The van der Waals surface area contributed by atoms with Gasteiger partial charge >= 0.3 is 0 Å². The Bertz CT molecular complexity index is 894. The van der Waals surface area contributed by atoms with Crippen molar-refractivity contribution in [3.63, 3.8) is 0 Å². The zero-order valence-electron chi connectivity index (χ0n) is 16.1. The van der Waals surface area contributed by atoms with Crippen molar-refractivity contribution in [1.29, 1.82) is 0 Å². The first-order valence-corrected chi connectivity index (χ1v) is 9.90. The van der Waals surface area contributed by atoms with E-state index in [0.29, 0.717) is 16.7 Å². The van der Waals surface area contributed by atoms with Crippen molar-refractivity contribution >= 4 is 15.9 Å². The first-order valence-electron chi connectivity index (χ1n) is 8.42. The van der Waals surface area contributed by atoms with Crippen LogP contribution in [0.4, 0.5) is 0 Å². The number of hydrogen-bond donors (Lipinski definition) is 1. The molecule has 0 heterocycles. The number of benzene rings is 2. The third-order valence-corrected chi connectivity index (χ3v) is 6.36. The molecule has 0 fully saturated rings. The van der Waals surface area contributed by atoms with E-state index in [1.807, 2.05) is 26.0 Å². The molecule has 1 atom stereocenters. The summed E-state index contributed by atoms with van der Waals surface area (Å²) in [7, 11) is -0.668. The molecule has 0 bridgehead atoms. The van der Waals surface area contributed by atoms with E-state index in [2.05, 4.69) is 4.72 Å². The second-order valence-electron chi connectivity index (χ2n) is 6.79. The van der Waals surface area contributed by atoms with Gasteiger partial charge in [0.15, 0.2) is 0 Å². The monoisotopic (exact) mass is 374 g/mol. The summed E-state index contributed by atoms with van der Waals surface area (Å²) < 4.78 is 29.0. The van der Waals surface area contributed by atoms with E-state index in [-0.39, 0.29) is 10.8 Å². The highest BCUT2D eigenvalue weighted by Gasteiger charge is 2.30. The van der Waals surface area contributed by atoms with Crippen LogP contribution in [0.25, 0.3) is 0 Å². The van der Waals surface area contributed by atoms with E-state index >= 15 is 0 Å². The summed E-state index contributed by atoms with van der Waals surface area (Å²) >= 11 is 0. The second kappa shape index (κ2) is 7.60. The molecule has 2 aromatic rings. The van der Waals surface area contributed by atoms with Crippen LogP contribution in [0.5, 0.6) is 0 Å². The standard InChI is InChI=1S/C20H26N2O3S/c1-13-12-14(2)16(4)19(15(13)3)26(24,25)21-18(20(23)22(5)6)17-10-8-7-9-11-17/h7-12,18,21H,1-6H3/t18-/m1/s1. The van der Waals surface area contributed by atoms with Crippen molar-refractivity contribution in [2.24, 2.45) is 0 Å². The number of carbonyl (C=O) groups is 1. The molecule has 2 rings (SSSR count). The van der Waals surface area contributed by atoms with Crippen molar-refractivity contribution in [3.8, 4) is 0 Å². The molecule has 0 saturated carbocycles. The topological polar surface area (TPSA) is 66.5 Å². The fourth-order valence-corrected chi connectivity index (χ4v) is 4.76. The lowest BCUT2D eigenvalue weighted by atomic mass is 10.0. The van der Waals surface area contributed by atoms with Gasteiger partial charge in [-0.25, -0.2) is 8.42 Å². The summed E-state index contributed by atoms with van der Waals surface area (Å²) in [5, 5.41) is 0. The molecule has 0 unspecified atom stereocenters. The number of rotatable bonds is 5. The number of aryl methyl sites for hydroxylation is 2. The highest BCUT2D eigenvalue weighted by molar-refractivity contribution is 7.89. The van der Waals surface area contributed by atoms with Crippen molar-refractivity contribution in [2.75, 3.05) is 14.1 Å². The highest BCUT2D eigenvalue weighted by atomic mass is 32.2. The smallest absolute Gasteiger partial charge is 0.244 e. The third kappa shape index (κ3) is 3.97. The normalized spacial score (nSPS) is 12.7. The van der Waals surface area contributed by atoms with Gasteiger partial charge in [0, 0.05) is 14.1 Å². The molecule has 0 aliphatic rings. The fraction of sp³-hybridized carbons (Fsp3) is 0.350. The molecule has 0 aliphatic heterocycles. The summed E-state index contributed by atoms with van der Waals surface area (Å²) in [4.78, 5) is 14.3. The molecule has 140 valence electrons. The van der Waals surface area contributed by atoms with Gasteiger partial charge in [0.25, 0.3) is 0 Å². The van der Waals surface area contributed by atoms with Gasteiger partial charge in [0.05, 0.1) is 4.90 Å². The lowest BCUT2D eigenvalue weighted by molar-refractivity contribution is -0.130. The predicted octanol–water partition coefficient (Wildman–Crippen LogP) is 3.03. The predicted molar refractivity (Wildman–Crippen MR) is 104 cm³/mol. The van der Waals surface area contributed by atoms with E-state index in [1.165, 1.54) is 4.90 Å². The molecule has 0 radical (unpaired) electrons. The maximum atomic E-state index is 13.2. The largest absolute Gasteiger partial charge is 0.347 e. The summed E-state index contributed by atoms with van der Waals surface area (Å²) in [6, 6.07) is 9.89. The van der Waals surface area contributed by atoms with Gasteiger partial charge in [0.1, 0.15) is 6.04 Å². The minimum atomic E-state index is -3.89. The van der Waals surface area contributed by atoms with Crippen LogP contribution in [0.1, 0.15) is 33.9 Å². The van der Waals surface area contributed by atoms with Crippen LogP contribution in [0.15, 0.2) is 41.3 Å². The van der Waals surface area contributed by atoms with Gasteiger partial charge in [-0.1, -0.05) is 36.4 Å². The Kier molecular flexibility index (Phi) is 5.88. The van der Waals surface area contributed by atoms with Gasteiger partial charge in [-0.3, -0.25) is 4.79 Å². The molecule has 2 aromatic carbocycles. The maximum absolute atomic E-state index is 13.2. The number of amides is 1. The average Bonchev–Trinajstić information content (AvgIpc) is 2.58. The van der Waals surface area contributed by atoms with Crippen molar-refractivity contribution in [1.82, 2.24) is 9.62 Å². The molecule has 0 aliphatic carbocycles. The lowest BCUT2D eigenvalue weighted by Crippen LogP contribution is -2.40. The molecule has 0 saturated heterocycles. The first kappa shape index (κ1) is 20.1. The van der Waals surface area contributed by atoms with Crippen molar-refractivity contribution < 1.29 is 13.2 Å². The van der Waals surface area contributed by atoms with Gasteiger partial charge in [0.2, 0.25) is 15.9 Å². The molecule has 0 spiro atoms. The molecule has 26 heavy (non-hydrogen) atoms. The lowest BCUT2D eigenvalue weighted by Gasteiger charge is -2.24. The van der Waals surface area contributed by atoms with Gasteiger partial charge in [-0.15, -0.1) is 0 Å². The zero-order chi connectivity index (χ0) is 19.6. The van der Waals surface area contributed by atoms with Gasteiger partial charge in [-0.2, -0.15) is 4.72 Å². The van der Waals surface area contributed by atoms with Crippen LogP contribution in [-0.4, -0.2) is 33.3 Å².